The molecule has 0 aliphatic carbocycles. The van der Waals surface area contributed by atoms with Crippen LogP contribution in [0.25, 0.3) is 0 Å². The fourth-order valence-electron chi connectivity index (χ4n) is 4.21. The highest BCUT2D eigenvalue weighted by atomic mass is 19.4. The summed E-state index contributed by atoms with van der Waals surface area (Å²) in [6, 6.07) is 4.54. The maximum absolute atomic E-state index is 13.0. The van der Waals surface area contributed by atoms with Crippen LogP contribution in [0.1, 0.15) is 46.4 Å². The van der Waals surface area contributed by atoms with E-state index in [4.69, 9.17) is 9.26 Å². The molecule has 2 saturated heterocycles. The third kappa shape index (κ3) is 3.39. The molecule has 4 rings (SSSR count). The van der Waals surface area contributed by atoms with Gasteiger partial charge in [0.2, 0.25) is 5.89 Å². The molecule has 0 N–H and O–H groups in total. The average molecular weight is 395 g/mol. The number of carbonyl (C=O) groups excluding carboxylic acids is 1. The number of likely N-dealkylation sites (tertiary alicyclic amines) is 1. The number of benzene rings is 1. The van der Waals surface area contributed by atoms with Crippen LogP contribution in [-0.2, 0) is 10.9 Å². The van der Waals surface area contributed by atoms with Crippen LogP contribution in [0.4, 0.5) is 13.2 Å². The summed E-state index contributed by atoms with van der Waals surface area (Å²) >= 11 is 0. The maximum Gasteiger partial charge on any atom is 0.416 e. The Balaban J connectivity index is 1.63. The molecule has 1 spiro atoms. The van der Waals surface area contributed by atoms with E-state index in [1.807, 2.05) is 0 Å². The number of rotatable bonds is 2. The Labute approximate surface area is 159 Å². The number of aryl methyl sites for hydroxylation is 1. The summed E-state index contributed by atoms with van der Waals surface area (Å²) in [6.07, 6.45) is -3.04. The van der Waals surface area contributed by atoms with Crippen LogP contribution in [-0.4, -0.2) is 47.3 Å². The van der Waals surface area contributed by atoms with Gasteiger partial charge in [-0.15, -0.1) is 0 Å². The first kappa shape index (κ1) is 18.9. The van der Waals surface area contributed by atoms with Gasteiger partial charge in [0, 0.05) is 37.3 Å². The zero-order chi connectivity index (χ0) is 19.9. The molecule has 0 radical (unpaired) electrons. The van der Waals surface area contributed by atoms with Crippen molar-refractivity contribution in [1.29, 1.82) is 0 Å². The number of hydrogen-bond acceptors (Lipinski definition) is 5. The van der Waals surface area contributed by atoms with Gasteiger partial charge < -0.3 is 14.2 Å². The molecule has 2 aliphatic rings. The van der Waals surface area contributed by atoms with Gasteiger partial charge in [0.1, 0.15) is 0 Å². The molecule has 1 atom stereocenters. The Morgan fingerprint density at radius 2 is 2.04 bits per heavy atom. The summed E-state index contributed by atoms with van der Waals surface area (Å²) in [5.41, 5.74) is -1.07. The SMILES string of the molecule is Cc1noc([C@@H]2CN(C(=O)c3cccc(C(F)(F)F)c3)CC23CCOCC3)n1. The molecule has 6 nitrogen and oxygen atoms in total. The fourth-order valence-corrected chi connectivity index (χ4v) is 4.21. The van der Waals surface area contributed by atoms with Gasteiger partial charge >= 0.3 is 6.18 Å². The second-order valence-electron chi connectivity index (χ2n) is 7.47. The molecule has 28 heavy (non-hydrogen) atoms. The Kier molecular flexibility index (Phi) is 4.65. The minimum Gasteiger partial charge on any atom is -0.381 e. The number of halogens is 3. The predicted molar refractivity (Wildman–Crippen MR) is 91.6 cm³/mol. The molecule has 2 aliphatic heterocycles. The summed E-state index contributed by atoms with van der Waals surface area (Å²) in [5.74, 6) is 0.404. The van der Waals surface area contributed by atoms with E-state index in [1.54, 1.807) is 11.8 Å². The second-order valence-corrected chi connectivity index (χ2v) is 7.47. The number of ether oxygens (including phenoxy) is 1. The van der Waals surface area contributed by atoms with Gasteiger partial charge in [0.25, 0.3) is 5.91 Å². The molecule has 1 aromatic heterocycles. The minimum absolute atomic E-state index is 0.0272. The van der Waals surface area contributed by atoms with Crippen LogP contribution < -0.4 is 0 Å². The first-order valence-corrected chi connectivity index (χ1v) is 9.13. The van der Waals surface area contributed by atoms with Crippen LogP contribution in [0.2, 0.25) is 0 Å². The number of alkyl halides is 3. The summed E-state index contributed by atoms with van der Waals surface area (Å²) in [7, 11) is 0. The Morgan fingerprint density at radius 1 is 1.29 bits per heavy atom. The summed E-state index contributed by atoms with van der Waals surface area (Å²) in [4.78, 5) is 18.9. The standard InChI is InChI=1S/C19H20F3N3O3/c1-12-23-16(28-24-12)15-10-25(11-18(15)5-7-27-8-6-18)17(26)13-3-2-4-14(9-13)19(20,21)22/h2-4,9,15H,5-8,10-11H2,1H3/t15-/m0/s1. The van der Waals surface area contributed by atoms with Crippen LogP contribution in [0.3, 0.4) is 0 Å². The molecule has 9 heteroatoms. The van der Waals surface area contributed by atoms with Crippen LogP contribution >= 0.6 is 0 Å². The van der Waals surface area contributed by atoms with Crippen LogP contribution in [0.5, 0.6) is 0 Å². The fraction of sp³-hybridized carbons (Fsp3) is 0.526. The van der Waals surface area contributed by atoms with E-state index in [9.17, 15) is 18.0 Å². The highest BCUT2D eigenvalue weighted by Crippen LogP contribution is 2.49. The van der Waals surface area contributed by atoms with E-state index in [-0.39, 0.29) is 16.9 Å². The number of aromatic nitrogens is 2. The van der Waals surface area contributed by atoms with E-state index >= 15 is 0 Å². The number of carbonyl (C=O) groups is 1. The van der Waals surface area contributed by atoms with Gasteiger partial charge in [-0.05, 0) is 38.0 Å². The lowest BCUT2D eigenvalue weighted by molar-refractivity contribution is -0.137. The van der Waals surface area contributed by atoms with Gasteiger partial charge in [-0.2, -0.15) is 18.2 Å². The van der Waals surface area contributed by atoms with Crippen LogP contribution in [0.15, 0.2) is 28.8 Å². The Bertz CT molecular complexity index is 875. The maximum atomic E-state index is 13.0. The van der Waals surface area contributed by atoms with Crippen molar-refractivity contribution in [2.75, 3.05) is 26.3 Å². The van der Waals surface area contributed by atoms with Crippen molar-refractivity contribution in [2.45, 2.75) is 31.9 Å². The van der Waals surface area contributed by atoms with Crippen molar-refractivity contribution in [1.82, 2.24) is 15.0 Å². The summed E-state index contributed by atoms with van der Waals surface area (Å²) < 4.78 is 49.9. The van der Waals surface area contributed by atoms with Gasteiger partial charge in [0.15, 0.2) is 5.82 Å². The molecular formula is C19H20F3N3O3. The first-order valence-electron chi connectivity index (χ1n) is 9.13. The monoisotopic (exact) mass is 395 g/mol. The zero-order valence-electron chi connectivity index (χ0n) is 15.3. The Morgan fingerprint density at radius 3 is 2.68 bits per heavy atom. The molecule has 2 fully saturated rings. The van der Waals surface area contributed by atoms with Crippen molar-refractivity contribution in [3.63, 3.8) is 0 Å². The molecule has 2 aromatic rings. The molecule has 3 heterocycles. The summed E-state index contributed by atoms with van der Waals surface area (Å²) in [6.45, 7) is 3.61. The van der Waals surface area contributed by atoms with Gasteiger partial charge in [-0.3, -0.25) is 4.79 Å². The average Bonchev–Trinajstić information content (AvgIpc) is 3.25. The van der Waals surface area contributed by atoms with Crippen molar-refractivity contribution >= 4 is 5.91 Å². The minimum atomic E-state index is -4.49. The molecule has 0 unspecified atom stereocenters. The number of amides is 1. The predicted octanol–water partition coefficient (Wildman–Crippen LogP) is 3.43. The van der Waals surface area contributed by atoms with Crippen LogP contribution in [0, 0.1) is 12.3 Å². The molecule has 0 bridgehead atoms. The smallest absolute Gasteiger partial charge is 0.381 e. The van der Waals surface area contributed by atoms with Gasteiger partial charge in [-0.25, -0.2) is 0 Å². The molecule has 0 saturated carbocycles. The Hall–Kier alpha value is -2.42. The van der Waals surface area contributed by atoms with Gasteiger partial charge in [0.05, 0.1) is 11.5 Å². The van der Waals surface area contributed by atoms with E-state index in [2.05, 4.69) is 10.1 Å². The van der Waals surface area contributed by atoms with E-state index in [1.165, 1.54) is 12.1 Å². The lowest BCUT2D eigenvalue weighted by Gasteiger charge is -2.36. The normalized spacial score (nSPS) is 22.0. The molecule has 1 amide bonds. The summed E-state index contributed by atoms with van der Waals surface area (Å²) in [5, 5.41) is 3.86. The van der Waals surface area contributed by atoms with E-state index in [0.717, 1.165) is 25.0 Å². The lowest BCUT2D eigenvalue weighted by atomic mass is 9.72. The molecular weight excluding hydrogens is 375 g/mol. The lowest BCUT2D eigenvalue weighted by Crippen LogP contribution is -2.37. The third-order valence-electron chi connectivity index (χ3n) is 5.70. The van der Waals surface area contributed by atoms with Crippen molar-refractivity contribution < 1.29 is 27.2 Å². The first-order chi connectivity index (χ1) is 13.3. The largest absolute Gasteiger partial charge is 0.416 e. The number of nitrogens with zero attached hydrogens (tertiary/aromatic N) is 3. The van der Waals surface area contributed by atoms with Crippen molar-refractivity contribution in [3.05, 3.63) is 47.1 Å². The molecule has 150 valence electrons. The highest BCUT2D eigenvalue weighted by molar-refractivity contribution is 5.94. The quantitative estimate of drug-likeness (QED) is 0.779. The second kappa shape index (κ2) is 6.88. The van der Waals surface area contributed by atoms with E-state index < -0.39 is 17.6 Å². The van der Waals surface area contributed by atoms with E-state index in [0.29, 0.717) is 38.0 Å². The molecule has 1 aromatic carbocycles. The highest BCUT2D eigenvalue weighted by Gasteiger charge is 2.51. The number of hydrogen-bond donors (Lipinski definition) is 0. The topological polar surface area (TPSA) is 68.5 Å². The third-order valence-corrected chi connectivity index (χ3v) is 5.70. The van der Waals surface area contributed by atoms with Crippen molar-refractivity contribution in [3.8, 4) is 0 Å². The van der Waals surface area contributed by atoms with Gasteiger partial charge in [-0.1, -0.05) is 11.2 Å². The zero-order valence-corrected chi connectivity index (χ0v) is 15.3. The van der Waals surface area contributed by atoms with Crippen molar-refractivity contribution in [2.24, 2.45) is 5.41 Å².